The highest BCUT2D eigenvalue weighted by Crippen LogP contribution is 2.23. The maximum Gasteiger partial charge on any atom is 0.339 e. The minimum Gasteiger partial charge on any atom is -0.465 e. The van der Waals surface area contributed by atoms with Gasteiger partial charge in [0.25, 0.3) is 6.43 Å². The first kappa shape index (κ1) is 13.5. The summed E-state index contributed by atoms with van der Waals surface area (Å²) in [5.41, 5.74) is -0.725. The number of halogens is 3. The number of carbonyl (C=O) groups is 1. The molecular weight excluding hydrogens is 298 g/mol. The predicted molar refractivity (Wildman–Crippen MR) is 57.9 cm³/mol. The molecule has 4 nitrogen and oxygen atoms in total. The number of hydrogen-bond donors (Lipinski definition) is 0. The molecule has 0 amide bonds. The van der Waals surface area contributed by atoms with Crippen LogP contribution in [-0.2, 0) is 10.1 Å². The van der Waals surface area contributed by atoms with Crippen molar-refractivity contribution < 1.29 is 18.3 Å². The van der Waals surface area contributed by atoms with Crippen molar-refractivity contribution in [3.8, 4) is 6.07 Å². The van der Waals surface area contributed by atoms with Crippen LogP contribution in [-0.4, -0.2) is 18.1 Å². The third kappa shape index (κ3) is 2.77. The number of methoxy groups -OCH3 is 1. The second-order valence-electron chi connectivity index (χ2n) is 2.95. The molecule has 0 aliphatic rings. The van der Waals surface area contributed by atoms with Crippen LogP contribution < -0.4 is 0 Å². The zero-order chi connectivity index (χ0) is 13.0. The molecule has 1 aromatic heterocycles. The zero-order valence-corrected chi connectivity index (χ0v) is 10.3. The van der Waals surface area contributed by atoms with Crippen molar-refractivity contribution in [2.24, 2.45) is 0 Å². The molecule has 0 aliphatic carbocycles. The van der Waals surface area contributed by atoms with Gasteiger partial charge in [0.1, 0.15) is 11.8 Å². The Morgan fingerprint density at radius 2 is 2.35 bits per heavy atom. The van der Waals surface area contributed by atoms with Crippen molar-refractivity contribution in [2.45, 2.75) is 11.8 Å². The van der Waals surface area contributed by atoms with Crippen LogP contribution in [0.3, 0.4) is 0 Å². The average molecular weight is 305 g/mol. The van der Waals surface area contributed by atoms with E-state index < -0.39 is 18.1 Å². The Kier molecular flexibility index (Phi) is 4.52. The van der Waals surface area contributed by atoms with E-state index in [1.807, 2.05) is 0 Å². The van der Waals surface area contributed by atoms with Crippen molar-refractivity contribution in [1.29, 1.82) is 5.26 Å². The van der Waals surface area contributed by atoms with E-state index >= 15 is 0 Å². The Hall–Kier alpha value is -1.55. The number of ether oxygens (including phenoxy) is 1. The van der Waals surface area contributed by atoms with Crippen molar-refractivity contribution in [2.75, 3.05) is 7.11 Å². The first-order valence-corrected chi connectivity index (χ1v) is 5.53. The highest BCUT2D eigenvalue weighted by molar-refractivity contribution is 9.08. The topological polar surface area (TPSA) is 63.0 Å². The largest absolute Gasteiger partial charge is 0.465 e. The molecule has 0 bridgehead atoms. The van der Waals surface area contributed by atoms with Gasteiger partial charge in [0.15, 0.2) is 0 Å². The van der Waals surface area contributed by atoms with Gasteiger partial charge in [0.2, 0.25) is 0 Å². The summed E-state index contributed by atoms with van der Waals surface area (Å²) >= 11 is 3.03. The summed E-state index contributed by atoms with van der Waals surface area (Å²) < 4.78 is 29.5. The van der Waals surface area contributed by atoms with E-state index in [1.165, 1.54) is 0 Å². The summed E-state index contributed by atoms with van der Waals surface area (Å²) in [7, 11) is 1.11. The number of esters is 1. The van der Waals surface area contributed by atoms with E-state index in [-0.39, 0.29) is 22.2 Å². The maximum atomic E-state index is 12.6. The number of hydrogen-bond acceptors (Lipinski definition) is 4. The molecule has 1 aromatic rings. The molecule has 0 aliphatic heterocycles. The minimum atomic E-state index is -2.82. The lowest BCUT2D eigenvalue weighted by molar-refractivity contribution is 0.0599. The first-order chi connectivity index (χ1) is 8.04. The van der Waals surface area contributed by atoms with Gasteiger partial charge in [-0.05, 0) is 6.07 Å². The van der Waals surface area contributed by atoms with Gasteiger partial charge in [-0.1, -0.05) is 15.9 Å². The van der Waals surface area contributed by atoms with Gasteiger partial charge in [-0.2, -0.15) is 5.26 Å². The molecule has 0 fully saturated rings. The van der Waals surface area contributed by atoms with Crippen molar-refractivity contribution in [1.82, 2.24) is 4.98 Å². The van der Waals surface area contributed by atoms with Gasteiger partial charge >= 0.3 is 5.97 Å². The molecule has 90 valence electrons. The Morgan fingerprint density at radius 1 is 1.71 bits per heavy atom. The number of aromatic nitrogens is 1. The Balaban J connectivity index is 3.49. The fourth-order valence-corrected chi connectivity index (χ4v) is 1.63. The van der Waals surface area contributed by atoms with Crippen LogP contribution in [0.5, 0.6) is 0 Å². The number of alkyl halides is 3. The Bertz CT molecular complexity index is 486. The number of nitriles is 1. The molecule has 7 heteroatoms. The van der Waals surface area contributed by atoms with E-state index in [4.69, 9.17) is 5.26 Å². The Morgan fingerprint density at radius 3 is 2.76 bits per heavy atom. The SMILES string of the molecule is COC(=O)c1cc(C(F)F)nc(CBr)c1C#N. The normalized spacial score (nSPS) is 10.1. The number of nitrogens with zero attached hydrogens (tertiary/aromatic N) is 2. The van der Waals surface area contributed by atoms with Crippen LogP contribution in [0.15, 0.2) is 6.07 Å². The molecular formula is C10H7BrF2N2O2. The van der Waals surface area contributed by atoms with Crippen LogP contribution >= 0.6 is 15.9 Å². The molecule has 0 spiro atoms. The minimum absolute atomic E-state index is 0.0573. The third-order valence-electron chi connectivity index (χ3n) is 1.98. The van der Waals surface area contributed by atoms with Crippen LogP contribution in [0.2, 0.25) is 0 Å². The van der Waals surface area contributed by atoms with Crippen LogP contribution in [0, 0.1) is 11.3 Å². The maximum absolute atomic E-state index is 12.6. The lowest BCUT2D eigenvalue weighted by atomic mass is 10.1. The predicted octanol–water partition coefficient (Wildman–Crippen LogP) is 2.57. The van der Waals surface area contributed by atoms with Crippen molar-refractivity contribution in [3.05, 3.63) is 28.6 Å². The second-order valence-corrected chi connectivity index (χ2v) is 3.51. The highest BCUT2D eigenvalue weighted by atomic mass is 79.9. The van der Waals surface area contributed by atoms with Gasteiger partial charge in [-0.3, -0.25) is 0 Å². The Labute approximate surface area is 104 Å². The zero-order valence-electron chi connectivity index (χ0n) is 8.71. The molecule has 0 saturated carbocycles. The summed E-state index contributed by atoms with van der Waals surface area (Å²) in [6, 6.07) is 2.63. The fraction of sp³-hybridized carbons (Fsp3) is 0.300. The molecule has 0 N–H and O–H groups in total. The second kappa shape index (κ2) is 5.68. The highest BCUT2D eigenvalue weighted by Gasteiger charge is 2.21. The van der Waals surface area contributed by atoms with Gasteiger partial charge < -0.3 is 4.74 Å². The van der Waals surface area contributed by atoms with E-state index in [0.29, 0.717) is 0 Å². The summed E-state index contributed by atoms with van der Waals surface area (Å²) in [5, 5.41) is 9.00. The van der Waals surface area contributed by atoms with Crippen molar-refractivity contribution >= 4 is 21.9 Å². The standard InChI is InChI=1S/C10H7BrF2N2O2/c1-17-10(16)5-2-7(9(12)13)15-8(3-11)6(5)4-14/h2,9H,3H2,1H3. The lowest BCUT2D eigenvalue weighted by Gasteiger charge is -2.08. The molecule has 0 saturated heterocycles. The number of pyridine rings is 1. The third-order valence-corrected chi connectivity index (χ3v) is 2.51. The summed E-state index contributed by atoms with van der Waals surface area (Å²) in [6.45, 7) is 0. The number of carbonyl (C=O) groups excluding carboxylic acids is 1. The van der Waals surface area contributed by atoms with Crippen LogP contribution in [0.4, 0.5) is 8.78 Å². The molecule has 0 unspecified atom stereocenters. The van der Waals surface area contributed by atoms with E-state index in [2.05, 4.69) is 25.7 Å². The molecule has 1 rings (SSSR count). The first-order valence-electron chi connectivity index (χ1n) is 4.41. The fourth-order valence-electron chi connectivity index (χ4n) is 1.22. The van der Waals surface area contributed by atoms with Gasteiger partial charge in [0.05, 0.1) is 23.9 Å². The van der Waals surface area contributed by atoms with Crippen LogP contribution in [0.25, 0.3) is 0 Å². The number of rotatable bonds is 3. The smallest absolute Gasteiger partial charge is 0.339 e. The molecule has 0 radical (unpaired) electrons. The van der Waals surface area contributed by atoms with Crippen LogP contribution in [0.1, 0.15) is 33.7 Å². The molecule has 17 heavy (non-hydrogen) atoms. The summed E-state index contributed by atoms with van der Waals surface area (Å²) in [5.74, 6) is -0.840. The molecule has 0 aromatic carbocycles. The quantitative estimate of drug-likeness (QED) is 0.636. The van der Waals surface area contributed by atoms with E-state index in [1.54, 1.807) is 6.07 Å². The summed E-state index contributed by atoms with van der Waals surface area (Å²) in [6.07, 6.45) is -2.82. The van der Waals surface area contributed by atoms with Gasteiger partial charge in [-0.25, -0.2) is 18.6 Å². The van der Waals surface area contributed by atoms with Gasteiger partial charge in [-0.15, -0.1) is 0 Å². The molecule has 1 heterocycles. The monoisotopic (exact) mass is 304 g/mol. The van der Waals surface area contributed by atoms with E-state index in [0.717, 1.165) is 13.2 Å². The average Bonchev–Trinajstić information content (AvgIpc) is 2.35. The lowest BCUT2D eigenvalue weighted by Crippen LogP contribution is -2.10. The molecule has 0 atom stereocenters. The summed E-state index contributed by atoms with van der Waals surface area (Å²) in [4.78, 5) is 15.0. The van der Waals surface area contributed by atoms with Gasteiger partial charge in [0, 0.05) is 5.33 Å². The van der Waals surface area contributed by atoms with E-state index in [9.17, 15) is 13.6 Å². The van der Waals surface area contributed by atoms with Crippen molar-refractivity contribution in [3.63, 3.8) is 0 Å².